The largest absolute Gasteiger partial charge is 0.477 e. The van der Waals surface area contributed by atoms with E-state index in [1.165, 1.54) is 23.2 Å². The van der Waals surface area contributed by atoms with Crippen molar-refractivity contribution in [2.45, 2.75) is 0 Å². The molecule has 0 fully saturated rings. The summed E-state index contributed by atoms with van der Waals surface area (Å²) >= 11 is 0. The van der Waals surface area contributed by atoms with Gasteiger partial charge in [0.2, 0.25) is 0 Å². The number of hydrogen-bond acceptors (Lipinski definition) is 4. The molecule has 2 rings (SSSR count). The molecule has 6 heteroatoms. The molecule has 1 amide bonds. The van der Waals surface area contributed by atoms with Crippen LogP contribution in [0.5, 0.6) is 0 Å². The van der Waals surface area contributed by atoms with Crippen molar-refractivity contribution in [2.24, 2.45) is 0 Å². The lowest BCUT2D eigenvalue weighted by molar-refractivity contribution is 0.0690. The molecule has 96 valence electrons. The Morgan fingerprint density at radius 1 is 1.16 bits per heavy atom. The number of rotatable bonds is 3. The van der Waals surface area contributed by atoms with Crippen LogP contribution in [-0.2, 0) is 0 Å². The second-order valence-electron chi connectivity index (χ2n) is 3.79. The molecule has 0 saturated carbocycles. The highest BCUT2D eigenvalue weighted by Gasteiger charge is 2.16. The van der Waals surface area contributed by atoms with E-state index >= 15 is 0 Å². The molecule has 0 bridgehead atoms. The van der Waals surface area contributed by atoms with Gasteiger partial charge in [-0.2, -0.15) is 0 Å². The van der Waals surface area contributed by atoms with Crippen LogP contribution in [0.3, 0.4) is 0 Å². The van der Waals surface area contributed by atoms with E-state index in [2.05, 4.69) is 9.97 Å². The van der Waals surface area contributed by atoms with E-state index in [4.69, 9.17) is 5.11 Å². The Morgan fingerprint density at radius 2 is 1.95 bits per heavy atom. The SMILES string of the molecule is CN(C(=O)c1ccnc(C(=O)O)c1)c1ccccn1. The Morgan fingerprint density at radius 3 is 2.58 bits per heavy atom. The van der Waals surface area contributed by atoms with E-state index in [0.29, 0.717) is 5.82 Å². The maximum atomic E-state index is 12.2. The van der Waals surface area contributed by atoms with Gasteiger partial charge in [0, 0.05) is 25.0 Å². The molecule has 2 aromatic heterocycles. The number of carbonyl (C=O) groups is 2. The molecule has 0 radical (unpaired) electrons. The van der Waals surface area contributed by atoms with Crippen LogP contribution in [-0.4, -0.2) is 34.0 Å². The zero-order chi connectivity index (χ0) is 13.8. The lowest BCUT2D eigenvalue weighted by atomic mass is 10.2. The van der Waals surface area contributed by atoms with Crippen LogP contribution in [0.15, 0.2) is 42.7 Å². The molecule has 0 spiro atoms. The predicted octanol–water partition coefficient (Wildman–Crippen LogP) is 1.45. The van der Waals surface area contributed by atoms with Crippen LogP contribution in [0, 0.1) is 0 Å². The maximum absolute atomic E-state index is 12.2. The summed E-state index contributed by atoms with van der Waals surface area (Å²) in [5.74, 6) is -1.03. The zero-order valence-corrected chi connectivity index (χ0v) is 10.1. The average molecular weight is 257 g/mol. The quantitative estimate of drug-likeness (QED) is 0.899. The van der Waals surface area contributed by atoms with Crippen molar-refractivity contribution in [1.82, 2.24) is 9.97 Å². The van der Waals surface area contributed by atoms with Gasteiger partial charge in [0.25, 0.3) is 5.91 Å². The number of carboxylic acid groups (broad SMARTS) is 1. The number of pyridine rings is 2. The monoisotopic (exact) mass is 257 g/mol. The first-order valence-corrected chi connectivity index (χ1v) is 5.48. The number of carboxylic acids is 1. The number of nitrogens with zero attached hydrogens (tertiary/aromatic N) is 3. The van der Waals surface area contributed by atoms with Gasteiger partial charge in [0.05, 0.1) is 0 Å². The fourth-order valence-electron chi connectivity index (χ4n) is 1.53. The Hall–Kier alpha value is -2.76. The summed E-state index contributed by atoms with van der Waals surface area (Å²) in [6, 6.07) is 7.91. The summed E-state index contributed by atoms with van der Waals surface area (Å²) < 4.78 is 0. The lowest BCUT2D eigenvalue weighted by Gasteiger charge is -2.15. The summed E-state index contributed by atoms with van der Waals surface area (Å²) in [5.41, 5.74) is 0.0841. The average Bonchev–Trinajstić information content (AvgIpc) is 2.46. The van der Waals surface area contributed by atoms with Crippen LogP contribution < -0.4 is 4.90 Å². The highest BCUT2D eigenvalue weighted by Crippen LogP contribution is 2.12. The second kappa shape index (κ2) is 5.26. The third-order valence-corrected chi connectivity index (χ3v) is 2.52. The Balaban J connectivity index is 2.29. The lowest BCUT2D eigenvalue weighted by Crippen LogP contribution is -2.27. The predicted molar refractivity (Wildman–Crippen MR) is 68.2 cm³/mol. The fourth-order valence-corrected chi connectivity index (χ4v) is 1.53. The molecule has 2 heterocycles. The highest BCUT2D eigenvalue weighted by molar-refractivity contribution is 6.06. The number of aromatic carboxylic acids is 1. The molecule has 6 nitrogen and oxygen atoms in total. The number of hydrogen-bond donors (Lipinski definition) is 1. The molecule has 0 aliphatic carbocycles. The maximum Gasteiger partial charge on any atom is 0.354 e. The number of aromatic nitrogens is 2. The van der Waals surface area contributed by atoms with E-state index in [-0.39, 0.29) is 17.2 Å². The zero-order valence-electron chi connectivity index (χ0n) is 10.1. The van der Waals surface area contributed by atoms with Crippen molar-refractivity contribution < 1.29 is 14.7 Å². The van der Waals surface area contributed by atoms with Crippen LogP contribution in [0.4, 0.5) is 5.82 Å². The van der Waals surface area contributed by atoms with Crippen LogP contribution in [0.1, 0.15) is 20.8 Å². The van der Waals surface area contributed by atoms with Crippen LogP contribution >= 0.6 is 0 Å². The van der Waals surface area contributed by atoms with Crippen molar-refractivity contribution in [3.63, 3.8) is 0 Å². The minimum absolute atomic E-state index is 0.166. The van der Waals surface area contributed by atoms with Gasteiger partial charge in [-0.25, -0.2) is 14.8 Å². The second-order valence-corrected chi connectivity index (χ2v) is 3.79. The number of anilines is 1. The van der Waals surface area contributed by atoms with E-state index in [1.54, 1.807) is 31.4 Å². The van der Waals surface area contributed by atoms with Gasteiger partial charge in [-0.05, 0) is 24.3 Å². The van der Waals surface area contributed by atoms with Crippen molar-refractivity contribution in [3.05, 3.63) is 54.0 Å². The molecular weight excluding hydrogens is 246 g/mol. The van der Waals surface area contributed by atoms with Gasteiger partial charge in [-0.15, -0.1) is 0 Å². The van der Waals surface area contributed by atoms with E-state index in [1.807, 2.05) is 0 Å². The third-order valence-electron chi connectivity index (χ3n) is 2.52. The van der Waals surface area contributed by atoms with Gasteiger partial charge >= 0.3 is 5.97 Å². The fraction of sp³-hybridized carbons (Fsp3) is 0.0769. The van der Waals surface area contributed by atoms with Crippen molar-refractivity contribution in [2.75, 3.05) is 11.9 Å². The topological polar surface area (TPSA) is 83.4 Å². The standard InChI is InChI=1S/C13H11N3O3/c1-16(11-4-2-3-6-15-11)12(17)9-5-7-14-10(8-9)13(18)19/h2-8H,1H3,(H,18,19). The van der Waals surface area contributed by atoms with Crippen molar-refractivity contribution in [3.8, 4) is 0 Å². The van der Waals surface area contributed by atoms with Gasteiger partial charge in [0.15, 0.2) is 0 Å². The van der Waals surface area contributed by atoms with E-state index < -0.39 is 5.97 Å². The Labute approximate surface area is 109 Å². The van der Waals surface area contributed by atoms with Gasteiger partial charge in [-0.1, -0.05) is 6.07 Å². The summed E-state index contributed by atoms with van der Waals surface area (Å²) in [6.45, 7) is 0. The first kappa shape index (κ1) is 12.7. The molecule has 19 heavy (non-hydrogen) atoms. The molecule has 0 saturated heterocycles. The molecular formula is C13H11N3O3. The smallest absolute Gasteiger partial charge is 0.354 e. The van der Waals surface area contributed by atoms with E-state index in [9.17, 15) is 9.59 Å². The first-order valence-electron chi connectivity index (χ1n) is 5.48. The molecule has 2 aromatic rings. The Kier molecular flexibility index (Phi) is 3.51. The Bertz CT molecular complexity index is 614. The minimum atomic E-state index is -1.17. The molecule has 0 aromatic carbocycles. The summed E-state index contributed by atoms with van der Waals surface area (Å²) in [6.07, 6.45) is 2.87. The molecule has 0 atom stereocenters. The third kappa shape index (κ3) is 2.74. The normalized spacial score (nSPS) is 9.95. The van der Waals surface area contributed by atoms with Gasteiger partial charge in [-0.3, -0.25) is 9.69 Å². The summed E-state index contributed by atoms with van der Waals surface area (Å²) in [7, 11) is 1.57. The summed E-state index contributed by atoms with van der Waals surface area (Å²) in [5, 5.41) is 8.85. The summed E-state index contributed by atoms with van der Waals surface area (Å²) in [4.78, 5) is 32.1. The molecule has 0 aliphatic heterocycles. The van der Waals surface area contributed by atoms with Gasteiger partial charge < -0.3 is 5.11 Å². The van der Waals surface area contributed by atoms with Crippen LogP contribution in [0.2, 0.25) is 0 Å². The minimum Gasteiger partial charge on any atom is -0.477 e. The molecule has 0 aliphatic rings. The van der Waals surface area contributed by atoms with Crippen molar-refractivity contribution in [1.29, 1.82) is 0 Å². The van der Waals surface area contributed by atoms with E-state index in [0.717, 1.165) is 0 Å². The molecule has 1 N–H and O–H groups in total. The van der Waals surface area contributed by atoms with Crippen molar-refractivity contribution >= 4 is 17.7 Å². The number of amides is 1. The first-order chi connectivity index (χ1) is 9.09. The molecule has 0 unspecified atom stereocenters. The van der Waals surface area contributed by atoms with Gasteiger partial charge in [0.1, 0.15) is 11.5 Å². The highest BCUT2D eigenvalue weighted by atomic mass is 16.4. The van der Waals surface area contributed by atoms with Crippen LogP contribution in [0.25, 0.3) is 0 Å². The number of carbonyl (C=O) groups excluding carboxylic acids is 1.